The number of para-hydroxylation sites is 1. The van der Waals surface area contributed by atoms with Crippen molar-refractivity contribution in [1.82, 2.24) is 4.98 Å². The lowest BCUT2D eigenvalue weighted by Crippen LogP contribution is -2.25. The molecule has 0 bridgehead atoms. The van der Waals surface area contributed by atoms with Crippen LogP contribution in [-0.4, -0.2) is 25.2 Å². The second-order valence-corrected chi connectivity index (χ2v) is 4.86. The highest BCUT2D eigenvalue weighted by Crippen LogP contribution is 2.34. The van der Waals surface area contributed by atoms with Crippen LogP contribution in [0.3, 0.4) is 0 Å². The van der Waals surface area contributed by atoms with Gasteiger partial charge in [-0.25, -0.2) is 0 Å². The van der Waals surface area contributed by atoms with Crippen molar-refractivity contribution in [2.45, 2.75) is 5.92 Å². The third kappa shape index (κ3) is 2.21. The molecule has 0 radical (unpaired) electrons. The fraction of sp³-hybridized carbons (Fsp3) is 0.267. The quantitative estimate of drug-likeness (QED) is 0.914. The summed E-state index contributed by atoms with van der Waals surface area (Å²) in [7, 11) is 2.05. The zero-order valence-corrected chi connectivity index (χ0v) is 10.9. The van der Waals surface area contributed by atoms with Gasteiger partial charge in [0.2, 0.25) is 0 Å². The predicted octanol–water partition coefficient (Wildman–Crippen LogP) is 2.28. The molecule has 1 aliphatic rings. The zero-order chi connectivity index (χ0) is 13.2. The first-order valence-corrected chi connectivity index (χ1v) is 6.38. The third-order valence-electron chi connectivity index (χ3n) is 3.53. The highest BCUT2D eigenvalue weighted by Gasteiger charge is 2.25. The molecule has 4 heteroatoms. The molecule has 2 heterocycles. The minimum atomic E-state index is 0.383. The third-order valence-corrected chi connectivity index (χ3v) is 3.53. The fourth-order valence-corrected chi connectivity index (χ4v) is 2.56. The summed E-state index contributed by atoms with van der Waals surface area (Å²) in [5.41, 5.74) is 8.95. The van der Waals surface area contributed by atoms with Crippen LogP contribution in [0.4, 0.5) is 11.4 Å². The molecule has 0 saturated carbocycles. The van der Waals surface area contributed by atoms with Crippen LogP contribution in [-0.2, 0) is 0 Å². The second-order valence-electron chi connectivity index (χ2n) is 4.86. The van der Waals surface area contributed by atoms with E-state index in [-0.39, 0.29) is 0 Å². The van der Waals surface area contributed by atoms with E-state index < -0.39 is 0 Å². The van der Waals surface area contributed by atoms with Crippen LogP contribution in [0, 0.1) is 0 Å². The molecule has 4 nitrogen and oxygen atoms in total. The van der Waals surface area contributed by atoms with Crippen LogP contribution in [0.15, 0.2) is 42.7 Å². The Morgan fingerprint density at radius 1 is 1.37 bits per heavy atom. The first kappa shape index (κ1) is 11.8. The minimum absolute atomic E-state index is 0.383. The van der Waals surface area contributed by atoms with E-state index in [9.17, 15) is 0 Å². The Hall–Kier alpha value is -2.23. The van der Waals surface area contributed by atoms with Gasteiger partial charge in [-0.3, -0.25) is 4.98 Å². The van der Waals surface area contributed by atoms with E-state index >= 15 is 0 Å². The van der Waals surface area contributed by atoms with Crippen molar-refractivity contribution in [2.75, 3.05) is 30.8 Å². The predicted molar refractivity (Wildman–Crippen MR) is 76.6 cm³/mol. The van der Waals surface area contributed by atoms with Crippen LogP contribution in [0.2, 0.25) is 0 Å². The first-order chi connectivity index (χ1) is 9.25. The maximum Gasteiger partial charge on any atom is 0.122 e. The number of hydrogen-bond acceptors (Lipinski definition) is 4. The number of nitrogens with zero attached hydrogens (tertiary/aromatic N) is 2. The number of ether oxygens (including phenoxy) is 1. The topological polar surface area (TPSA) is 51.4 Å². The average Bonchev–Trinajstić information content (AvgIpc) is 2.83. The van der Waals surface area contributed by atoms with Gasteiger partial charge >= 0.3 is 0 Å². The van der Waals surface area contributed by atoms with E-state index in [1.807, 2.05) is 25.2 Å². The van der Waals surface area contributed by atoms with Crippen molar-refractivity contribution in [2.24, 2.45) is 0 Å². The van der Waals surface area contributed by atoms with Gasteiger partial charge in [-0.2, -0.15) is 0 Å². The number of anilines is 2. The summed E-state index contributed by atoms with van der Waals surface area (Å²) in [5.74, 6) is 1.39. The number of likely N-dealkylation sites (N-methyl/N-ethyl adjacent to an activating group) is 1. The maximum absolute atomic E-state index is 5.95. The average molecular weight is 255 g/mol. The number of rotatable bonds is 3. The molecule has 1 atom stereocenters. The lowest BCUT2D eigenvalue weighted by atomic mass is 10.0. The summed E-state index contributed by atoms with van der Waals surface area (Å²) in [5, 5.41) is 0. The zero-order valence-electron chi connectivity index (χ0n) is 10.9. The molecule has 19 heavy (non-hydrogen) atoms. The van der Waals surface area contributed by atoms with Crippen molar-refractivity contribution < 1.29 is 4.74 Å². The van der Waals surface area contributed by atoms with Crippen molar-refractivity contribution in [3.63, 3.8) is 0 Å². The lowest BCUT2D eigenvalue weighted by Gasteiger charge is -2.23. The van der Waals surface area contributed by atoms with Crippen molar-refractivity contribution in [3.05, 3.63) is 48.3 Å². The minimum Gasteiger partial charge on any atom is -0.493 e. The highest BCUT2D eigenvalue weighted by molar-refractivity contribution is 5.65. The van der Waals surface area contributed by atoms with Crippen molar-refractivity contribution in [1.29, 1.82) is 0 Å². The Balaban J connectivity index is 1.78. The van der Waals surface area contributed by atoms with Gasteiger partial charge in [-0.05, 0) is 12.1 Å². The van der Waals surface area contributed by atoms with E-state index in [0.29, 0.717) is 11.6 Å². The van der Waals surface area contributed by atoms with Gasteiger partial charge in [0.25, 0.3) is 0 Å². The first-order valence-electron chi connectivity index (χ1n) is 6.38. The molecule has 98 valence electrons. The van der Waals surface area contributed by atoms with E-state index in [1.54, 1.807) is 12.4 Å². The number of nitrogens with two attached hydrogens (primary N) is 1. The van der Waals surface area contributed by atoms with Crippen molar-refractivity contribution in [3.8, 4) is 5.75 Å². The molecular formula is C15H17N3O. The Morgan fingerprint density at radius 2 is 2.21 bits per heavy atom. The summed E-state index contributed by atoms with van der Waals surface area (Å²) in [6.45, 7) is 1.61. The van der Waals surface area contributed by atoms with E-state index in [2.05, 4.69) is 22.0 Å². The lowest BCUT2D eigenvalue weighted by molar-refractivity contribution is 0.332. The summed E-state index contributed by atoms with van der Waals surface area (Å²) in [4.78, 5) is 6.18. The number of fused-ring (bicyclic) bond motifs is 1. The molecule has 1 aromatic carbocycles. The van der Waals surface area contributed by atoms with Gasteiger partial charge in [0.15, 0.2) is 0 Å². The summed E-state index contributed by atoms with van der Waals surface area (Å²) in [6.07, 6.45) is 3.45. The van der Waals surface area contributed by atoms with Gasteiger partial charge in [0.05, 0.1) is 24.2 Å². The van der Waals surface area contributed by atoms with Crippen LogP contribution in [0.25, 0.3) is 0 Å². The van der Waals surface area contributed by atoms with Crippen LogP contribution in [0.5, 0.6) is 5.75 Å². The Morgan fingerprint density at radius 3 is 3.05 bits per heavy atom. The molecule has 1 aliphatic heterocycles. The molecule has 0 fully saturated rings. The summed E-state index contributed by atoms with van der Waals surface area (Å²) in [6, 6.07) is 10.2. The van der Waals surface area contributed by atoms with Gasteiger partial charge in [-0.15, -0.1) is 0 Å². The maximum atomic E-state index is 5.95. The van der Waals surface area contributed by atoms with Crippen LogP contribution < -0.4 is 15.4 Å². The smallest absolute Gasteiger partial charge is 0.122 e. The Bertz CT molecular complexity index is 585. The van der Waals surface area contributed by atoms with E-state index in [0.717, 1.165) is 24.6 Å². The number of benzene rings is 1. The summed E-state index contributed by atoms with van der Waals surface area (Å²) >= 11 is 0. The van der Waals surface area contributed by atoms with Gasteiger partial charge < -0.3 is 15.4 Å². The molecule has 2 N–H and O–H groups in total. The molecule has 0 amide bonds. The number of nitrogen functional groups attached to an aromatic ring is 1. The largest absolute Gasteiger partial charge is 0.493 e. The molecular weight excluding hydrogens is 238 g/mol. The Kier molecular flexibility index (Phi) is 2.99. The second kappa shape index (κ2) is 4.80. The molecule has 0 saturated heterocycles. The molecule has 0 spiro atoms. The van der Waals surface area contributed by atoms with Crippen LogP contribution >= 0.6 is 0 Å². The van der Waals surface area contributed by atoms with Crippen molar-refractivity contribution >= 4 is 11.4 Å². The SMILES string of the molecule is CN(CC1COc2ccccc21)c1ccncc1N. The molecule has 3 rings (SSSR count). The fourth-order valence-electron chi connectivity index (χ4n) is 2.56. The van der Waals surface area contributed by atoms with Gasteiger partial charge in [0, 0.05) is 31.3 Å². The van der Waals surface area contributed by atoms with E-state index in [4.69, 9.17) is 10.5 Å². The molecule has 1 aromatic heterocycles. The van der Waals surface area contributed by atoms with Crippen LogP contribution in [0.1, 0.15) is 11.5 Å². The molecule has 1 unspecified atom stereocenters. The number of hydrogen-bond donors (Lipinski definition) is 1. The standard InChI is InChI=1S/C15H17N3O/c1-18(14-6-7-17-8-13(14)16)9-11-10-19-15-5-3-2-4-12(11)15/h2-8,11H,9-10,16H2,1H3. The van der Waals surface area contributed by atoms with Gasteiger partial charge in [0.1, 0.15) is 5.75 Å². The van der Waals surface area contributed by atoms with Gasteiger partial charge in [-0.1, -0.05) is 18.2 Å². The number of pyridine rings is 1. The monoisotopic (exact) mass is 255 g/mol. The number of aromatic nitrogens is 1. The van der Waals surface area contributed by atoms with E-state index in [1.165, 1.54) is 5.56 Å². The molecule has 2 aromatic rings. The summed E-state index contributed by atoms with van der Waals surface area (Å²) < 4.78 is 5.71. The molecule has 0 aliphatic carbocycles. The normalized spacial score (nSPS) is 16.8. The highest BCUT2D eigenvalue weighted by atomic mass is 16.5. The Labute approximate surface area is 112 Å².